The molecule has 1 N–H and O–H groups in total. The average Bonchev–Trinajstić information content (AvgIpc) is 2.66. The lowest BCUT2D eigenvalue weighted by molar-refractivity contribution is -0.138. The van der Waals surface area contributed by atoms with Crippen molar-refractivity contribution < 1.29 is 13.9 Å². The number of H-pyrrole nitrogens is 1. The monoisotopic (exact) mass is 237 g/mol. The zero-order valence-electron chi connectivity index (χ0n) is 10.2. The average molecular weight is 237 g/mol. The highest BCUT2D eigenvalue weighted by molar-refractivity contribution is 5.79. The Bertz CT molecular complexity index is 485. The molecule has 4 heteroatoms. The van der Waals surface area contributed by atoms with Crippen LogP contribution in [0.25, 0.3) is 10.9 Å². The van der Waals surface area contributed by atoms with Crippen LogP contribution in [0.5, 0.6) is 0 Å². The Hall–Kier alpha value is -1.84. The molecule has 0 unspecified atom stereocenters. The summed E-state index contributed by atoms with van der Waals surface area (Å²) in [4.78, 5) is 12.5. The minimum Gasteiger partial charge on any atom is -0.462 e. The Labute approximate surface area is 99.6 Å². The topological polar surface area (TPSA) is 42.1 Å². The van der Waals surface area contributed by atoms with Crippen molar-refractivity contribution in [2.75, 3.05) is 0 Å². The lowest BCUT2D eigenvalue weighted by atomic mass is 10.2. The molecule has 92 valence electrons. The lowest BCUT2D eigenvalue weighted by Gasteiger charge is -2.14. The predicted octanol–water partition coefficient (Wildman–Crippen LogP) is 3.26. The first kappa shape index (κ1) is 13.2. The molecule has 0 bridgehead atoms. The third-order valence-corrected chi connectivity index (χ3v) is 1.94. The van der Waals surface area contributed by atoms with Crippen LogP contribution in [0.3, 0.4) is 0 Å². The molecule has 0 amide bonds. The van der Waals surface area contributed by atoms with Crippen LogP contribution in [-0.2, 0) is 9.53 Å². The van der Waals surface area contributed by atoms with E-state index in [2.05, 4.69) is 9.72 Å². The maximum absolute atomic E-state index is 12.8. The van der Waals surface area contributed by atoms with Crippen molar-refractivity contribution in [2.24, 2.45) is 0 Å². The van der Waals surface area contributed by atoms with Gasteiger partial charge in [0.1, 0.15) is 11.4 Å². The van der Waals surface area contributed by atoms with Gasteiger partial charge in [0.25, 0.3) is 6.47 Å². The number of halogens is 1. The molecular formula is C13H16FNO2. The van der Waals surface area contributed by atoms with Gasteiger partial charge in [-0.3, -0.25) is 4.79 Å². The maximum Gasteiger partial charge on any atom is 0.293 e. The van der Waals surface area contributed by atoms with Crippen LogP contribution in [0.2, 0.25) is 0 Å². The van der Waals surface area contributed by atoms with E-state index in [4.69, 9.17) is 0 Å². The van der Waals surface area contributed by atoms with Gasteiger partial charge in [-0.05, 0) is 39.0 Å². The highest BCUT2D eigenvalue weighted by Gasteiger charge is 2.07. The summed E-state index contributed by atoms with van der Waals surface area (Å²) in [6.45, 7) is 5.92. The van der Waals surface area contributed by atoms with Crippen LogP contribution in [0.15, 0.2) is 30.5 Å². The van der Waals surface area contributed by atoms with Crippen molar-refractivity contribution in [2.45, 2.75) is 26.4 Å². The summed E-state index contributed by atoms with van der Waals surface area (Å²) < 4.78 is 17.3. The SMILES string of the molecule is CC(C)(C)OC=O.Fc1cccc2[nH]ccc12. The maximum atomic E-state index is 12.8. The van der Waals surface area contributed by atoms with Gasteiger partial charge in [0.15, 0.2) is 0 Å². The van der Waals surface area contributed by atoms with E-state index in [9.17, 15) is 9.18 Å². The predicted molar refractivity (Wildman–Crippen MR) is 65.2 cm³/mol. The van der Waals surface area contributed by atoms with Crippen LogP contribution in [0.4, 0.5) is 4.39 Å². The van der Waals surface area contributed by atoms with Gasteiger partial charge in [0.05, 0.1) is 0 Å². The zero-order chi connectivity index (χ0) is 12.9. The Balaban J connectivity index is 0.000000185. The van der Waals surface area contributed by atoms with Crippen molar-refractivity contribution in [3.05, 3.63) is 36.3 Å². The van der Waals surface area contributed by atoms with Crippen LogP contribution >= 0.6 is 0 Å². The Morgan fingerprint density at radius 3 is 2.47 bits per heavy atom. The summed E-state index contributed by atoms with van der Waals surface area (Å²) in [6, 6.07) is 6.72. The van der Waals surface area contributed by atoms with E-state index in [0.29, 0.717) is 11.9 Å². The molecule has 3 nitrogen and oxygen atoms in total. The molecule has 0 saturated heterocycles. The summed E-state index contributed by atoms with van der Waals surface area (Å²) in [7, 11) is 0. The quantitative estimate of drug-likeness (QED) is 0.773. The number of aromatic nitrogens is 1. The Morgan fingerprint density at radius 1 is 1.29 bits per heavy atom. The summed E-state index contributed by atoms with van der Waals surface area (Å²) in [5.74, 6) is -0.168. The third-order valence-electron chi connectivity index (χ3n) is 1.94. The van der Waals surface area contributed by atoms with E-state index in [-0.39, 0.29) is 11.4 Å². The van der Waals surface area contributed by atoms with Crippen LogP contribution < -0.4 is 0 Å². The number of fused-ring (bicyclic) bond motifs is 1. The highest BCUT2D eigenvalue weighted by Crippen LogP contribution is 2.14. The number of rotatable bonds is 1. The molecule has 0 radical (unpaired) electrons. The third kappa shape index (κ3) is 4.26. The number of aromatic amines is 1. The van der Waals surface area contributed by atoms with Gasteiger partial charge in [-0.25, -0.2) is 4.39 Å². The van der Waals surface area contributed by atoms with E-state index in [1.807, 2.05) is 26.8 Å². The molecule has 0 aliphatic heterocycles. The fourth-order valence-corrected chi connectivity index (χ4v) is 1.19. The van der Waals surface area contributed by atoms with Crippen LogP contribution in [-0.4, -0.2) is 17.1 Å². The molecule has 17 heavy (non-hydrogen) atoms. The molecule has 0 atom stereocenters. The molecule has 1 aromatic heterocycles. The van der Waals surface area contributed by atoms with E-state index in [0.717, 1.165) is 5.52 Å². The first-order chi connectivity index (χ1) is 7.94. The first-order valence-electron chi connectivity index (χ1n) is 5.27. The van der Waals surface area contributed by atoms with Crippen molar-refractivity contribution in [3.63, 3.8) is 0 Å². The fraction of sp³-hybridized carbons (Fsp3) is 0.308. The zero-order valence-corrected chi connectivity index (χ0v) is 10.2. The van der Waals surface area contributed by atoms with Gasteiger partial charge >= 0.3 is 0 Å². The number of nitrogens with one attached hydrogen (secondary N) is 1. The number of carbonyl (C=O) groups excluding carboxylic acids is 1. The number of carbonyl (C=O) groups is 1. The van der Waals surface area contributed by atoms with Gasteiger partial charge < -0.3 is 9.72 Å². The number of hydrogen-bond donors (Lipinski definition) is 1. The van der Waals surface area contributed by atoms with Gasteiger partial charge in [-0.15, -0.1) is 0 Å². The van der Waals surface area contributed by atoms with Crippen molar-refractivity contribution in [3.8, 4) is 0 Å². The van der Waals surface area contributed by atoms with Gasteiger partial charge in [-0.1, -0.05) is 6.07 Å². The largest absolute Gasteiger partial charge is 0.462 e. The molecule has 2 rings (SSSR count). The second-order valence-electron chi connectivity index (χ2n) is 4.51. The fourth-order valence-electron chi connectivity index (χ4n) is 1.19. The van der Waals surface area contributed by atoms with E-state index >= 15 is 0 Å². The number of hydrogen-bond acceptors (Lipinski definition) is 2. The molecule has 2 aromatic rings. The van der Waals surface area contributed by atoms with E-state index in [1.165, 1.54) is 6.07 Å². The Morgan fingerprint density at radius 2 is 2.00 bits per heavy atom. The molecule has 1 heterocycles. The van der Waals surface area contributed by atoms with Crippen molar-refractivity contribution in [1.29, 1.82) is 0 Å². The second-order valence-corrected chi connectivity index (χ2v) is 4.51. The summed E-state index contributed by atoms with van der Waals surface area (Å²) >= 11 is 0. The summed E-state index contributed by atoms with van der Waals surface area (Å²) in [5.41, 5.74) is 0.530. The van der Waals surface area contributed by atoms with Gasteiger partial charge in [0.2, 0.25) is 0 Å². The van der Waals surface area contributed by atoms with Crippen molar-refractivity contribution in [1.82, 2.24) is 4.98 Å². The Kier molecular flexibility index (Phi) is 4.26. The first-order valence-corrected chi connectivity index (χ1v) is 5.27. The van der Waals surface area contributed by atoms with Crippen LogP contribution in [0, 0.1) is 5.82 Å². The number of ether oxygens (including phenoxy) is 1. The highest BCUT2D eigenvalue weighted by atomic mass is 19.1. The van der Waals surface area contributed by atoms with Gasteiger partial charge in [-0.2, -0.15) is 0 Å². The lowest BCUT2D eigenvalue weighted by Crippen LogP contribution is -2.17. The summed E-state index contributed by atoms with van der Waals surface area (Å²) in [5, 5.41) is 0.655. The second kappa shape index (κ2) is 5.48. The van der Waals surface area contributed by atoms with Crippen molar-refractivity contribution >= 4 is 17.4 Å². The van der Waals surface area contributed by atoms with E-state index < -0.39 is 0 Å². The molecule has 0 saturated carbocycles. The molecule has 0 fully saturated rings. The minimum absolute atomic E-state index is 0.168. The normalized spacial score (nSPS) is 10.6. The van der Waals surface area contributed by atoms with Crippen LogP contribution in [0.1, 0.15) is 20.8 Å². The summed E-state index contributed by atoms with van der Waals surface area (Å²) in [6.07, 6.45) is 1.73. The number of benzene rings is 1. The molecule has 0 aliphatic carbocycles. The smallest absolute Gasteiger partial charge is 0.293 e. The molecule has 0 spiro atoms. The molecule has 0 aliphatic rings. The molecular weight excluding hydrogens is 221 g/mol. The standard InChI is InChI=1S/C8H6FN.C5H10O2/c9-7-2-1-3-8-6(7)4-5-10-8;1-5(2,3)7-4-6/h1-5,10H;4H,1-3H3. The molecule has 1 aromatic carbocycles. The minimum atomic E-state index is -0.318. The van der Waals surface area contributed by atoms with E-state index in [1.54, 1.807) is 18.3 Å². The van der Waals surface area contributed by atoms with Gasteiger partial charge in [0, 0.05) is 17.1 Å².